The van der Waals surface area contributed by atoms with E-state index in [0.29, 0.717) is 23.8 Å². The highest BCUT2D eigenvalue weighted by molar-refractivity contribution is 6.29. The molecule has 1 saturated carbocycles. The van der Waals surface area contributed by atoms with Gasteiger partial charge >= 0.3 is 0 Å². The van der Waals surface area contributed by atoms with Gasteiger partial charge in [0, 0.05) is 38.4 Å². The number of nitrogens with zero attached hydrogens (tertiary/aromatic N) is 3. The van der Waals surface area contributed by atoms with Gasteiger partial charge in [-0.2, -0.15) is 0 Å². The van der Waals surface area contributed by atoms with Crippen LogP contribution in [0.5, 0.6) is 0 Å². The van der Waals surface area contributed by atoms with Crippen molar-refractivity contribution in [3.05, 3.63) is 63.4 Å². The van der Waals surface area contributed by atoms with Gasteiger partial charge in [0.2, 0.25) is 0 Å². The van der Waals surface area contributed by atoms with Gasteiger partial charge in [-0.05, 0) is 54.0 Å². The van der Waals surface area contributed by atoms with Crippen molar-refractivity contribution < 1.29 is 4.79 Å². The Morgan fingerprint density at radius 1 is 1.07 bits per heavy atom. The number of halogens is 1. The molecule has 1 aliphatic carbocycles. The Bertz CT molecular complexity index is 893. The number of hydrogen-bond acceptors (Lipinski definition) is 3. The maximum Gasteiger partial charge on any atom is 0.256 e. The van der Waals surface area contributed by atoms with Crippen LogP contribution in [-0.2, 0) is 25.9 Å². The molecule has 0 unspecified atom stereocenters. The fourth-order valence-electron chi connectivity index (χ4n) is 4.60. The summed E-state index contributed by atoms with van der Waals surface area (Å²) in [6.07, 6.45) is 8.01. The van der Waals surface area contributed by atoms with Crippen LogP contribution in [0.4, 0.5) is 0 Å². The minimum atomic E-state index is 0.0558. The Labute approximate surface area is 165 Å². The second-order valence-electron chi connectivity index (χ2n) is 8.05. The lowest BCUT2D eigenvalue weighted by Gasteiger charge is -2.36. The first-order chi connectivity index (χ1) is 13.2. The highest BCUT2D eigenvalue weighted by Crippen LogP contribution is 2.29. The number of rotatable bonds is 3. The van der Waals surface area contributed by atoms with Crippen LogP contribution in [0, 0.1) is 0 Å². The van der Waals surface area contributed by atoms with Gasteiger partial charge in [0.25, 0.3) is 5.91 Å². The van der Waals surface area contributed by atoms with E-state index in [1.165, 1.54) is 49.0 Å². The monoisotopic (exact) mass is 381 g/mol. The summed E-state index contributed by atoms with van der Waals surface area (Å²) in [5, 5.41) is 0.449. The maximum absolute atomic E-state index is 12.6. The molecule has 0 bridgehead atoms. The molecule has 0 radical (unpaired) electrons. The molecule has 0 saturated heterocycles. The first-order valence-electron chi connectivity index (χ1n) is 9.96. The summed E-state index contributed by atoms with van der Waals surface area (Å²) in [7, 11) is 0. The molecule has 2 aromatic rings. The molecule has 1 aromatic carbocycles. The third-order valence-corrected chi connectivity index (χ3v) is 6.61. The van der Waals surface area contributed by atoms with Crippen molar-refractivity contribution in [2.24, 2.45) is 0 Å². The van der Waals surface area contributed by atoms with Crippen molar-refractivity contribution in [1.82, 2.24) is 14.8 Å². The summed E-state index contributed by atoms with van der Waals surface area (Å²) in [5.74, 6) is 0.0558. The summed E-state index contributed by atoms with van der Waals surface area (Å²) in [6, 6.07) is 9.42. The van der Waals surface area contributed by atoms with Gasteiger partial charge in [-0.1, -0.05) is 36.2 Å². The van der Waals surface area contributed by atoms with Crippen molar-refractivity contribution >= 4 is 17.5 Å². The SMILES string of the molecule is O=C1c2cnc(Cl)cc2CN1Cc1ccc2c(c1)CCN(C1CCC1)CC2. The molecule has 1 aromatic heterocycles. The van der Waals surface area contributed by atoms with Crippen molar-refractivity contribution in [3.63, 3.8) is 0 Å². The number of fused-ring (bicyclic) bond motifs is 2. The molecule has 140 valence electrons. The second-order valence-corrected chi connectivity index (χ2v) is 8.44. The molecule has 0 spiro atoms. The van der Waals surface area contributed by atoms with Crippen LogP contribution in [0.1, 0.15) is 51.9 Å². The summed E-state index contributed by atoms with van der Waals surface area (Å²) in [5.41, 5.74) is 5.82. The maximum atomic E-state index is 12.6. The zero-order valence-electron chi connectivity index (χ0n) is 15.5. The van der Waals surface area contributed by atoms with Crippen LogP contribution >= 0.6 is 11.6 Å². The fraction of sp³-hybridized carbons (Fsp3) is 0.455. The van der Waals surface area contributed by atoms with E-state index in [1.54, 1.807) is 12.3 Å². The van der Waals surface area contributed by atoms with Gasteiger partial charge in [-0.25, -0.2) is 4.98 Å². The molecule has 5 heteroatoms. The van der Waals surface area contributed by atoms with Crippen LogP contribution in [0.2, 0.25) is 5.15 Å². The molecule has 4 nitrogen and oxygen atoms in total. The third kappa shape index (κ3) is 3.26. The van der Waals surface area contributed by atoms with Crippen LogP contribution in [0.3, 0.4) is 0 Å². The third-order valence-electron chi connectivity index (χ3n) is 6.41. The van der Waals surface area contributed by atoms with Crippen LogP contribution in [0.25, 0.3) is 0 Å². The van der Waals surface area contributed by atoms with Crippen LogP contribution < -0.4 is 0 Å². The van der Waals surface area contributed by atoms with Crippen LogP contribution in [0.15, 0.2) is 30.5 Å². The molecular weight excluding hydrogens is 358 g/mol. The number of hydrogen-bond donors (Lipinski definition) is 0. The van der Waals surface area contributed by atoms with Crippen molar-refractivity contribution in [1.29, 1.82) is 0 Å². The highest BCUT2D eigenvalue weighted by atomic mass is 35.5. The Kier molecular flexibility index (Phi) is 4.41. The lowest BCUT2D eigenvalue weighted by atomic mass is 9.91. The lowest BCUT2D eigenvalue weighted by Crippen LogP contribution is -2.41. The average Bonchev–Trinajstić information content (AvgIpc) is 2.78. The molecular formula is C22H24ClN3O. The van der Waals surface area contributed by atoms with Gasteiger partial charge in [0.15, 0.2) is 0 Å². The number of amides is 1. The quantitative estimate of drug-likeness (QED) is 0.758. The summed E-state index contributed by atoms with van der Waals surface area (Å²) in [6.45, 7) is 3.61. The number of carbonyl (C=O) groups is 1. The zero-order valence-corrected chi connectivity index (χ0v) is 16.2. The zero-order chi connectivity index (χ0) is 18.4. The number of benzene rings is 1. The molecule has 5 rings (SSSR count). The predicted molar refractivity (Wildman–Crippen MR) is 106 cm³/mol. The molecule has 0 N–H and O–H groups in total. The van der Waals surface area contributed by atoms with Gasteiger partial charge < -0.3 is 4.90 Å². The van der Waals surface area contributed by atoms with Crippen molar-refractivity contribution in [2.45, 2.75) is 51.2 Å². The molecule has 3 aliphatic rings. The molecule has 2 aliphatic heterocycles. The molecule has 27 heavy (non-hydrogen) atoms. The Morgan fingerprint density at radius 3 is 2.67 bits per heavy atom. The highest BCUT2D eigenvalue weighted by Gasteiger charge is 2.29. The Morgan fingerprint density at radius 2 is 1.89 bits per heavy atom. The van der Waals surface area contributed by atoms with Gasteiger partial charge in [-0.15, -0.1) is 0 Å². The molecule has 3 heterocycles. The van der Waals surface area contributed by atoms with E-state index in [0.717, 1.165) is 24.4 Å². The van der Waals surface area contributed by atoms with Gasteiger partial charge in [-0.3, -0.25) is 9.69 Å². The Balaban J connectivity index is 1.30. The molecule has 1 amide bonds. The van der Waals surface area contributed by atoms with E-state index >= 15 is 0 Å². The first kappa shape index (κ1) is 17.2. The normalized spacial score (nSPS) is 20.2. The second kappa shape index (κ2) is 6.92. The minimum Gasteiger partial charge on any atom is -0.330 e. The Hall–Kier alpha value is -1.91. The standard InChI is InChI=1S/C22H24ClN3O/c23-21-11-18-14-26(22(27)20(18)12-24-21)13-15-4-5-16-6-8-25(19-2-1-3-19)9-7-17(16)10-15/h4-5,10-12,19H,1-3,6-9,13-14H2. The average molecular weight is 382 g/mol. The fourth-order valence-corrected chi connectivity index (χ4v) is 4.78. The summed E-state index contributed by atoms with van der Waals surface area (Å²) < 4.78 is 0. The molecule has 0 atom stereocenters. The smallest absolute Gasteiger partial charge is 0.256 e. The molecule has 1 fully saturated rings. The lowest BCUT2D eigenvalue weighted by molar-refractivity contribution is 0.0766. The van der Waals surface area contributed by atoms with E-state index in [9.17, 15) is 4.79 Å². The number of carbonyl (C=O) groups excluding carboxylic acids is 1. The van der Waals surface area contributed by atoms with Crippen molar-refractivity contribution in [3.8, 4) is 0 Å². The summed E-state index contributed by atoms with van der Waals surface area (Å²) in [4.78, 5) is 21.3. The summed E-state index contributed by atoms with van der Waals surface area (Å²) >= 11 is 5.98. The van der Waals surface area contributed by atoms with E-state index in [-0.39, 0.29) is 5.91 Å². The van der Waals surface area contributed by atoms with Gasteiger partial charge in [0.05, 0.1) is 5.56 Å². The van der Waals surface area contributed by atoms with E-state index < -0.39 is 0 Å². The van der Waals surface area contributed by atoms with Crippen LogP contribution in [-0.4, -0.2) is 39.8 Å². The van der Waals surface area contributed by atoms with Gasteiger partial charge in [0.1, 0.15) is 5.15 Å². The largest absolute Gasteiger partial charge is 0.330 e. The number of pyridine rings is 1. The first-order valence-corrected chi connectivity index (χ1v) is 10.3. The predicted octanol–water partition coefficient (Wildman–Crippen LogP) is 3.84. The van der Waals surface area contributed by atoms with E-state index in [1.807, 2.05) is 4.90 Å². The van der Waals surface area contributed by atoms with E-state index in [4.69, 9.17) is 11.6 Å². The number of aromatic nitrogens is 1. The minimum absolute atomic E-state index is 0.0558. The topological polar surface area (TPSA) is 36.4 Å². The van der Waals surface area contributed by atoms with Crippen molar-refractivity contribution in [2.75, 3.05) is 13.1 Å². The van der Waals surface area contributed by atoms with E-state index in [2.05, 4.69) is 28.1 Å².